The smallest absolute Gasteiger partial charge is 0.0725 e. The number of hydrogen-bond acceptors (Lipinski definition) is 1. The van der Waals surface area contributed by atoms with E-state index < -0.39 is 5.41 Å². The standard InChI is InChI=1S/C58H41N/c1-57(2)50-23-11-6-19-44(50)48-35-33-42(37-54(48)57)59(41-31-28-39(29-32-41)38-16-4-3-5-17-38)56-27-15-10-18-43(56)40-30-34-49-47-22-9-14-26-53(47)58(55(49)36-40)51-24-12-7-20-45(51)46-21-8-13-25-52(46)58/h3-37H,1-2H3. The van der Waals surface area contributed by atoms with Crippen LogP contribution in [0.3, 0.4) is 0 Å². The number of nitrogens with zero attached hydrogens (tertiary/aromatic N) is 1. The van der Waals surface area contributed by atoms with Crippen LogP contribution in [0.1, 0.15) is 47.2 Å². The average molecular weight is 752 g/mol. The lowest BCUT2D eigenvalue weighted by atomic mass is 9.70. The topological polar surface area (TPSA) is 3.24 Å². The van der Waals surface area contributed by atoms with E-state index in [1.54, 1.807) is 0 Å². The van der Waals surface area contributed by atoms with Crippen LogP contribution in [0.5, 0.6) is 0 Å². The first-order valence-corrected chi connectivity index (χ1v) is 20.8. The fourth-order valence-electron chi connectivity index (χ4n) is 10.9. The van der Waals surface area contributed by atoms with Crippen molar-refractivity contribution in [1.82, 2.24) is 0 Å². The van der Waals surface area contributed by atoms with Gasteiger partial charge in [-0.3, -0.25) is 0 Å². The van der Waals surface area contributed by atoms with Crippen molar-refractivity contribution in [2.75, 3.05) is 4.90 Å². The maximum atomic E-state index is 2.51. The van der Waals surface area contributed by atoms with Gasteiger partial charge in [0.1, 0.15) is 0 Å². The Bertz CT molecular complexity index is 3070. The fraction of sp³-hybridized carbons (Fsp3) is 0.0690. The van der Waals surface area contributed by atoms with Crippen LogP contribution < -0.4 is 4.90 Å². The third-order valence-corrected chi connectivity index (χ3v) is 13.5. The lowest BCUT2D eigenvalue weighted by molar-refractivity contribution is 0.660. The van der Waals surface area contributed by atoms with Crippen LogP contribution >= 0.6 is 0 Å². The van der Waals surface area contributed by atoms with Crippen molar-refractivity contribution >= 4 is 17.1 Å². The Hall–Kier alpha value is -7.22. The van der Waals surface area contributed by atoms with Crippen molar-refractivity contribution in [2.24, 2.45) is 0 Å². The first-order valence-electron chi connectivity index (χ1n) is 20.8. The second kappa shape index (κ2) is 12.6. The predicted molar refractivity (Wildman–Crippen MR) is 246 cm³/mol. The molecular formula is C58H41N. The van der Waals surface area contributed by atoms with Crippen molar-refractivity contribution in [3.8, 4) is 55.6 Å². The molecule has 0 amide bonds. The Morgan fingerprint density at radius 3 is 1.34 bits per heavy atom. The molecule has 0 unspecified atom stereocenters. The Labute approximate surface area is 346 Å². The third kappa shape index (κ3) is 4.73. The van der Waals surface area contributed by atoms with Gasteiger partial charge in [-0.1, -0.05) is 190 Å². The van der Waals surface area contributed by atoms with E-state index in [1.165, 1.54) is 89.0 Å². The molecule has 0 saturated carbocycles. The van der Waals surface area contributed by atoms with Crippen LogP contribution in [0.15, 0.2) is 212 Å². The van der Waals surface area contributed by atoms with Gasteiger partial charge in [0.2, 0.25) is 0 Å². The van der Waals surface area contributed by atoms with E-state index in [2.05, 4.69) is 231 Å². The van der Waals surface area contributed by atoms with Crippen LogP contribution in [0.2, 0.25) is 0 Å². The summed E-state index contributed by atoms with van der Waals surface area (Å²) in [4.78, 5) is 2.47. The lowest BCUT2D eigenvalue weighted by Crippen LogP contribution is -2.25. The summed E-state index contributed by atoms with van der Waals surface area (Å²) in [6, 6.07) is 79.2. The monoisotopic (exact) mass is 751 g/mol. The average Bonchev–Trinajstić information content (AvgIpc) is 3.85. The van der Waals surface area contributed by atoms with Gasteiger partial charge in [0.25, 0.3) is 0 Å². The van der Waals surface area contributed by atoms with Crippen LogP contribution in [0.4, 0.5) is 17.1 Å². The summed E-state index contributed by atoms with van der Waals surface area (Å²) in [6.07, 6.45) is 0. The van der Waals surface area contributed by atoms with Gasteiger partial charge in [0, 0.05) is 22.4 Å². The van der Waals surface area contributed by atoms with Crippen molar-refractivity contribution < 1.29 is 0 Å². The highest BCUT2D eigenvalue weighted by Crippen LogP contribution is 2.63. The molecule has 59 heavy (non-hydrogen) atoms. The van der Waals surface area contributed by atoms with Gasteiger partial charge in [-0.25, -0.2) is 0 Å². The molecule has 9 aromatic rings. The van der Waals surface area contributed by atoms with E-state index in [9.17, 15) is 0 Å². The van der Waals surface area contributed by atoms with Crippen molar-refractivity contribution in [3.63, 3.8) is 0 Å². The van der Waals surface area contributed by atoms with Gasteiger partial charge in [-0.2, -0.15) is 0 Å². The van der Waals surface area contributed by atoms with Crippen molar-refractivity contribution in [2.45, 2.75) is 24.7 Å². The maximum Gasteiger partial charge on any atom is 0.0725 e. The maximum absolute atomic E-state index is 2.51. The Balaban J connectivity index is 1.07. The normalized spacial score (nSPS) is 14.2. The second-order valence-electron chi connectivity index (χ2n) is 16.8. The molecule has 1 nitrogen and oxygen atoms in total. The van der Waals surface area contributed by atoms with Crippen molar-refractivity contribution in [3.05, 3.63) is 246 Å². The minimum absolute atomic E-state index is 0.124. The molecule has 0 aliphatic heterocycles. The van der Waals surface area contributed by atoms with Gasteiger partial charge in [-0.15, -0.1) is 0 Å². The number of benzene rings is 9. The zero-order valence-electron chi connectivity index (χ0n) is 33.2. The van der Waals surface area contributed by atoms with E-state index in [0.717, 1.165) is 17.1 Å². The lowest BCUT2D eigenvalue weighted by Gasteiger charge is -2.31. The SMILES string of the molecule is CC1(C)c2ccccc2-c2ccc(N(c3ccc(-c4ccccc4)cc3)c3ccccc3-c3ccc4c(c3)C3(c5ccccc5-c5ccccc53)c3ccccc3-4)cc21. The van der Waals surface area contributed by atoms with Gasteiger partial charge < -0.3 is 4.90 Å². The minimum Gasteiger partial charge on any atom is -0.310 e. The summed E-state index contributed by atoms with van der Waals surface area (Å²) in [6.45, 7) is 4.73. The molecule has 3 aliphatic carbocycles. The van der Waals surface area contributed by atoms with E-state index in [0.29, 0.717) is 0 Å². The van der Waals surface area contributed by atoms with E-state index >= 15 is 0 Å². The van der Waals surface area contributed by atoms with Crippen LogP contribution in [0.25, 0.3) is 55.6 Å². The quantitative estimate of drug-likeness (QED) is 0.169. The van der Waals surface area contributed by atoms with Gasteiger partial charge in [0.05, 0.1) is 11.1 Å². The third-order valence-electron chi connectivity index (χ3n) is 13.5. The molecule has 278 valence electrons. The second-order valence-corrected chi connectivity index (χ2v) is 16.8. The molecule has 0 aromatic heterocycles. The van der Waals surface area contributed by atoms with E-state index in [4.69, 9.17) is 0 Å². The van der Waals surface area contributed by atoms with E-state index in [-0.39, 0.29) is 5.41 Å². The molecular weight excluding hydrogens is 711 g/mol. The van der Waals surface area contributed by atoms with Crippen molar-refractivity contribution in [1.29, 1.82) is 0 Å². The molecule has 3 aliphatic rings. The summed E-state index contributed by atoms with van der Waals surface area (Å²) in [5.41, 5.74) is 23.8. The summed E-state index contributed by atoms with van der Waals surface area (Å²) in [5.74, 6) is 0. The number of para-hydroxylation sites is 1. The summed E-state index contributed by atoms with van der Waals surface area (Å²) in [5, 5.41) is 0. The number of rotatable bonds is 5. The number of hydrogen-bond donors (Lipinski definition) is 0. The largest absolute Gasteiger partial charge is 0.310 e. The minimum atomic E-state index is -0.405. The van der Waals surface area contributed by atoms with Crippen LogP contribution in [-0.4, -0.2) is 0 Å². The molecule has 0 bridgehead atoms. The molecule has 0 heterocycles. The zero-order chi connectivity index (χ0) is 39.3. The molecule has 1 spiro atoms. The summed E-state index contributed by atoms with van der Waals surface area (Å²) >= 11 is 0. The first-order chi connectivity index (χ1) is 29.0. The summed E-state index contributed by atoms with van der Waals surface area (Å²) < 4.78 is 0. The molecule has 9 aromatic carbocycles. The number of anilines is 3. The van der Waals surface area contributed by atoms with Gasteiger partial charge in [0.15, 0.2) is 0 Å². The Kier molecular flexibility index (Phi) is 7.26. The molecule has 1 heteroatoms. The molecule has 0 saturated heterocycles. The van der Waals surface area contributed by atoms with Crippen LogP contribution in [-0.2, 0) is 10.8 Å². The molecule has 0 N–H and O–H groups in total. The fourth-order valence-corrected chi connectivity index (χ4v) is 10.9. The molecule has 0 fully saturated rings. The van der Waals surface area contributed by atoms with Crippen LogP contribution in [0, 0.1) is 0 Å². The number of fused-ring (bicyclic) bond motifs is 13. The van der Waals surface area contributed by atoms with Gasteiger partial charge >= 0.3 is 0 Å². The highest BCUT2D eigenvalue weighted by Gasteiger charge is 2.51. The zero-order valence-corrected chi connectivity index (χ0v) is 33.2. The van der Waals surface area contributed by atoms with E-state index in [1.807, 2.05) is 0 Å². The summed E-state index contributed by atoms with van der Waals surface area (Å²) in [7, 11) is 0. The first kappa shape index (κ1) is 33.9. The molecule has 12 rings (SSSR count). The molecule has 0 radical (unpaired) electrons. The highest BCUT2D eigenvalue weighted by molar-refractivity contribution is 5.97. The highest BCUT2D eigenvalue weighted by atomic mass is 15.1. The van der Waals surface area contributed by atoms with Gasteiger partial charge in [-0.05, 0) is 120 Å². The molecule has 0 atom stereocenters. The Morgan fingerprint density at radius 1 is 0.288 bits per heavy atom. The Morgan fingerprint density at radius 2 is 0.712 bits per heavy atom. The predicted octanol–water partition coefficient (Wildman–Crippen LogP) is 15.1.